The van der Waals surface area contributed by atoms with Crippen molar-refractivity contribution in [3.63, 3.8) is 0 Å². The Kier molecular flexibility index (Phi) is 5.29. The molecule has 1 atom stereocenters. The first-order valence-corrected chi connectivity index (χ1v) is 7.00. The van der Waals surface area contributed by atoms with Gasteiger partial charge in [0, 0.05) is 5.56 Å². The molecule has 2 rings (SSSR count). The van der Waals surface area contributed by atoms with E-state index in [1.807, 2.05) is 43.3 Å². The molecular formula is C16H17N3OS. The predicted octanol–water partition coefficient (Wildman–Crippen LogP) is 2.95. The fraction of sp³-hybridized carbons (Fsp3) is 0.125. The summed E-state index contributed by atoms with van der Waals surface area (Å²) in [5.74, 6) is 0.180. The molecule has 2 aromatic carbocycles. The molecule has 0 amide bonds. The van der Waals surface area contributed by atoms with Crippen LogP contribution >= 0.6 is 12.2 Å². The lowest BCUT2D eigenvalue weighted by Crippen LogP contribution is -2.34. The fourth-order valence-corrected chi connectivity index (χ4v) is 2.04. The first-order chi connectivity index (χ1) is 10.2. The largest absolute Gasteiger partial charge is 0.507 e. The van der Waals surface area contributed by atoms with Crippen LogP contribution in [-0.4, -0.2) is 16.4 Å². The van der Waals surface area contributed by atoms with Gasteiger partial charge in [-0.1, -0.05) is 42.5 Å². The van der Waals surface area contributed by atoms with Gasteiger partial charge in [0.1, 0.15) is 5.75 Å². The smallest absolute Gasteiger partial charge is 0.187 e. The average Bonchev–Trinajstić information content (AvgIpc) is 2.50. The summed E-state index contributed by atoms with van der Waals surface area (Å²) in [5, 5.41) is 17.2. The van der Waals surface area contributed by atoms with Gasteiger partial charge < -0.3 is 10.4 Å². The molecule has 0 aromatic heterocycles. The quantitative estimate of drug-likeness (QED) is 0.461. The number of hydrogen-bond acceptors (Lipinski definition) is 3. The van der Waals surface area contributed by atoms with Gasteiger partial charge in [0.2, 0.25) is 0 Å². The number of para-hydroxylation sites is 1. The van der Waals surface area contributed by atoms with E-state index in [9.17, 15) is 5.11 Å². The van der Waals surface area contributed by atoms with E-state index in [1.54, 1.807) is 18.2 Å². The van der Waals surface area contributed by atoms with Crippen LogP contribution in [0.25, 0.3) is 0 Å². The van der Waals surface area contributed by atoms with Gasteiger partial charge in [-0.2, -0.15) is 5.10 Å². The van der Waals surface area contributed by atoms with Gasteiger partial charge >= 0.3 is 0 Å². The number of hydrazone groups is 1. The van der Waals surface area contributed by atoms with Gasteiger partial charge in [-0.05, 0) is 36.8 Å². The molecule has 0 aliphatic carbocycles. The Morgan fingerprint density at radius 3 is 2.52 bits per heavy atom. The lowest BCUT2D eigenvalue weighted by Gasteiger charge is -2.15. The summed E-state index contributed by atoms with van der Waals surface area (Å²) >= 11 is 5.18. The Hall–Kier alpha value is -2.40. The number of thiocarbonyl (C=S) groups is 1. The van der Waals surface area contributed by atoms with Crippen molar-refractivity contribution in [1.82, 2.24) is 10.7 Å². The molecule has 0 saturated heterocycles. The van der Waals surface area contributed by atoms with Crippen molar-refractivity contribution < 1.29 is 5.11 Å². The van der Waals surface area contributed by atoms with Crippen LogP contribution in [0.5, 0.6) is 5.75 Å². The number of benzene rings is 2. The number of rotatable bonds is 4. The number of phenols is 1. The Bertz CT molecular complexity index is 628. The molecule has 0 unspecified atom stereocenters. The Balaban J connectivity index is 1.87. The number of nitrogens with one attached hydrogen (secondary N) is 2. The van der Waals surface area contributed by atoms with Crippen LogP contribution in [0.1, 0.15) is 24.1 Å². The van der Waals surface area contributed by atoms with Gasteiger partial charge in [0.15, 0.2) is 5.11 Å². The van der Waals surface area contributed by atoms with Crippen molar-refractivity contribution in [2.75, 3.05) is 0 Å². The molecule has 21 heavy (non-hydrogen) atoms. The maximum atomic E-state index is 9.60. The molecular weight excluding hydrogens is 282 g/mol. The third-order valence-electron chi connectivity index (χ3n) is 2.95. The van der Waals surface area contributed by atoms with Crippen LogP contribution in [0.4, 0.5) is 0 Å². The molecule has 0 aliphatic rings. The van der Waals surface area contributed by atoms with E-state index in [2.05, 4.69) is 15.8 Å². The van der Waals surface area contributed by atoms with E-state index in [1.165, 1.54) is 6.21 Å². The lowest BCUT2D eigenvalue weighted by molar-refractivity contribution is 0.474. The molecule has 0 bridgehead atoms. The second-order valence-corrected chi connectivity index (χ2v) is 4.94. The zero-order chi connectivity index (χ0) is 15.1. The SMILES string of the molecule is C[C@@H](NC(=S)NN=Cc1ccccc1O)c1ccccc1. The molecule has 0 aliphatic heterocycles. The van der Waals surface area contributed by atoms with Crippen LogP contribution in [0.3, 0.4) is 0 Å². The molecule has 0 saturated carbocycles. The minimum Gasteiger partial charge on any atom is -0.507 e. The zero-order valence-corrected chi connectivity index (χ0v) is 12.5. The highest BCUT2D eigenvalue weighted by molar-refractivity contribution is 7.80. The second-order valence-electron chi connectivity index (χ2n) is 4.53. The highest BCUT2D eigenvalue weighted by Crippen LogP contribution is 2.12. The Morgan fingerprint density at radius 1 is 1.14 bits per heavy atom. The molecule has 4 nitrogen and oxygen atoms in total. The van der Waals surface area contributed by atoms with E-state index in [-0.39, 0.29) is 11.8 Å². The van der Waals surface area contributed by atoms with E-state index in [4.69, 9.17) is 12.2 Å². The first-order valence-electron chi connectivity index (χ1n) is 6.59. The number of hydrogen-bond donors (Lipinski definition) is 3. The summed E-state index contributed by atoms with van der Waals surface area (Å²) in [4.78, 5) is 0. The van der Waals surface area contributed by atoms with Crippen LogP contribution in [0.2, 0.25) is 0 Å². The van der Waals surface area contributed by atoms with Crippen LogP contribution in [0, 0.1) is 0 Å². The normalized spacial score (nSPS) is 12.0. The molecule has 0 fully saturated rings. The summed E-state index contributed by atoms with van der Waals surface area (Å²) in [6.07, 6.45) is 1.52. The summed E-state index contributed by atoms with van der Waals surface area (Å²) in [6, 6.07) is 17.1. The van der Waals surface area contributed by atoms with Crippen molar-refractivity contribution in [2.45, 2.75) is 13.0 Å². The topological polar surface area (TPSA) is 56.7 Å². The monoisotopic (exact) mass is 299 g/mol. The van der Waals surface area contributed by atoms with Gasteiger partial charge in [-0.3, -0.25) is 5.43 Å². The minimum atomic E-state index is 0.0894. The molecule has 0 radical (unpaired) electrons. The summed E-state index contributed by atoms with van der Waals surface area (Å²) in [7, 11) is 0. The minimum absolute atomic E-state index is 0.0894. The maximum absolute atomic E-state index is 9.60. The lowest BCUT2D eigenvalue weighted by atomic mass is 10.1. The van der Waals surface area contributed by atoms with Crippen molar-refractivity contribution in [3.8, 4) is 5.75 Å². The standard InChI is InChI=1S/C16H17N3OS/c1-12(13-7-3-2-4-8-13)18-16(21)19-17-11-14-9-5-6-10-15(14)20/h2-12,20H,1H3,(H2,18,19,21)/t12-/m1/s1. The van der Waals surface area contributed by atoms with E-state index in [0.29, 0.717) is 10.7 Å². The molecule has 0 spiro atoms. The Labute approximate surface area is 129 Å². The highest BCUT2D eigenvalue weighted by Gasteiger charge is 2.05. The van der Waals surface area contributed by atoms with Gasteiger partial charge in [-0.25, -0.2) is 0 Å². The summed E-state index contributed by atoms with van der Waals surface area (Å²) in [5.41, 5.74) is 4.51. The maximum Gasteiger partial charge on any atom is 0.187 e. The van der Waals surface area contributed by atoms with Crippen molar-refractivity contribution in [1.29, 1.82) is 0 Å². The van der Waals surface area contributed by atoms with Crippen LogP contribution < -0.4 is 10.7 Å². The molecule has 108 valence electrons. The predicted molar refractivity (Wildman–Crippen MR) is 89.4 cm³/mol. The molecule has 0 heterocycles. The second kappa shape index (κ2) is 7.40. The highest BCUT2D eigenvalue weighted by atomic mass is 32.1. The van der Waals surface area contributed by atoms with E-state index < -0.39 is 0 Å². The molecule has 2 aromatic rings. The Morgan fingerprint density at radius 2 is 1.81 bits per heavy atom. The summed E-state index contributed by atoms with van der Waals surface area (Å²) in [6.45, 7) is 2.02. The molecule has 3 N–H and O–H groups in total. The van der Waals surface area contributed by atoms with Crippen LogP contribution in [0.15, 0.2) is 59.7 Å². The van der Waals surface area contributed by atoms with Gasteiger partial charge in [-0.15, -0.1) is 0 Å². The van der Waals surface area contributed by atoms with Crippen molar-refractivity contribution >= 4 is 23.5 Å². The summed E-state index contributed by atoms with van der Waals surface area (Å²) < 4.78 is 0. The first kappa shape index (κ1) is 15.0. The zero-order valence-electron chi connectivity index (χ0n) is 11.7. The van der Waals surface area contributed by atoms with E-state index in [0.717, 1.165) is 5.56 Å². The van der Waals surface area contributed by atoms with Crippen molar-refractivity contribution in [3.05, 3.63) is 65.7 Å². The number of aromatic hydroxyl groups is 1. The number of phenolic OH excluding ortho intramolecular Hbond substituents is 1. The third-order valence-corrected chi connectivity index (χ3v) is 3.16. The van der Waals surface area contributed by atoms with Gasteiger partial charge in [0.25, 0.3) is 0 Å². The fourth-order valence-electron chi connectivity index (χ4n) is 1.81. The van der Waals surface area contributed by atoms with Crippen LogP contribution in [-0.2, 0) is 0 Å². The molecule has 5 heteroatoms. The van der Waals surface area contributed by atoms with Crippen molar-refractivity contribution in [2.24, 2.45) is 5.10 Å². The van der Waals surface area contributed by atoms with Gasteiger partial charge in [0.05, 0.1) is 12.3 Å². The number of nitrogens with zero attached hydrogens (tertiary/aromatic N) is 1. The van der Waals surface area contributed by atoms with E-state index >= 15 is 0 Å². The average molecular weight is 299 g/mol. The third kappa shape index (κ3) is 4.57.